The Hall–Kier alpha value is -2.13. The largest absolute Gasteiger partial charge is 0.325 e. The van der Waals surface area contributed by atoms with Crippen molar-refractivity contribution < 1.29 is 0 Å². The molecule has 0 bridgehead atoms. The Bertz CT molecular complexity index is 714. The van der Waals surface area contributed by atoms with Gasteiger partial charge in [-0.05, 0) is 37.0 Å². The van der Waals surface area contributed by atoms with Gasteiger partial charge in [-0.15, -0.1) is 0 Å². The Morgan fingerprint density at radius 3 is 2.60 bits per heavy atom. The van der Waals surface area contributed by atoms with Crippen LogP contribution in [0.5, 0.6) is 0 Å². The minimum absolute atomic E-state index is 0.523. The highest BCUT2D eigenvalue weighted by Crippen LogP contribution is 2.16. The fourth-order valence-electron chi connectivity index (χ4n) is 2.57. The second-order valence-corrected chi connectivity index (χ2v) is 5.13. The number of nitrogens with zero attached hydrogens (tertiary/aromatic N) is 2. The van der Waals surface area contributed by atoms with Crippen LogP contribution < -0.4 is 5.73 Å². The number of aryl methyl sites for hydroxylation is 3. The fourth-order valence-corrected chi connectivity index (χ4v) is 2.57. The van der Waals surface area contributed by atoms with E-state index in [4.69, 9.17) is 10.7 Å². The van der Waals surface area contributed by atoms with Gasteiger partial charge in [0.2, 0.25) is 0 Å². The zero-order valence-electron chi connectivity index (χ0n) is 11.7. The van der Waals surface area contributed by atoms with E-state index in [-0.39, 0.29) is 0 Å². The molecule has 0 saturated heterocycles. The van der Waals surface area contributed by atoms with E-state index in [0.29, 0.717) is 6.54 Å². The van der Waals surface area contributed by atoms with E-state index in [1.54, 1.807) is 0 Å². The predicted molar refractivity (Wildman–Crippen MR) is 81.7 cm³/mol. The van der Waals surface area contributed by atoms with Crippen molar-refractivity contribution in [1.82, 2.24) is 9.38 Å². The summed E-state index contributed by atoms with van der Waals surface area (Å²) in [4.78, 5) is 4.72. The SMILES string of the molecule is Cc1ccc2nc(CCc3ccccc3)c(CN)n2c1. The van der Waals surface area contributed by atoms with Crippen LogP contribution in [0.3, 0.4) is 0 Å². The Labute approximate surface area is 119 Å². The van der Waals surface area contributed by atoms with E-state index in [9.17, 15) is 0 Å². The smallest absolute Gasteiger partial charge is 0.137 e. The quantitative estimate of drug-likeness (QED) is 0.788. The van der Waals surface area contributed by atoms with E-state index in [1.807, 2.05) is 6.07 Å². The van der Waals surface area contributed by atoms with Gasteiger partial charge in [-0.3, -0.25) is 0 Å². The van der Waals surface area contributed by atoms with Crippen LogP contribution >= 0.6 is 0 Å². The first-order chi connectivity index (χ1) is 9.78. The van der Waals surface area contributed by atoms with Gasteiger partial charge in [0, 0.05) is 12.7 Å². The lowest BCUT2D eigenvalue weighted by molar-refractivity contribution is 0.869. The molecule has 0 amide bonds. The lowest BCUT2D eigenvalue weighted by Crippen LogP contribution is -2.05. The molecular weight excluding hydrogens is 246 g/mol. The van der Waals surface area contributed by atoms with Crippen LogP contribution in [0, 0.1) is 6.92 Å². The van der Waals surface area contributed by atoms with Crippen LogP contribution in [0.25, 0.3) is 5.65 Å². The molecule has 0 saturated carbocycles. The Kier molecular flexibility index (Phi) is 3.52. The maximum atomic E-state index is 5.92. The van der Waals surface area contributed by atoms with E-state index >= 15 is 0 Å². The first-order valence-corrected chi connectivity index (χ1v) is 6.98. The Morgan fingerprint density at radius 2 is 1.85 bits per heavy atom. The number of hydrogen-bond donors (Lipinski definition) is 1. The topological polar surface area (TPSA) is 43.3 Å². The van der Waals surface area contributed by atoms with E-state index in [1.165, 1.54) is 11.1 Å². The van der Waals surface area contributed by atoms with Crippen LogP contribution in [0.4, 0.5) is 0 Å². The van der Waals surface area contributed by atoms with Crippen LogP contribution in [-0.4, -0.2) is 9.38 Å². The zero-order chi connectivity index (χ0) is 13.9. The maximum Gasteiger partial charge on any atom is 0.137 e. The molecule has 0 aliphatic carbocycles. The number of aromatic nitrogens is 2. The second-order valence-electron chi connectivity index (χ2n) is 5.13. The lowest BCUT2D eigenvalue weighted by Gasteiger charge is -2.03. The minimum atomic E-state index is 0.523. The van der Waals surface area contributed by atoms with Gasteiger partial charge in [-0.25, -0.2) is 4.98 Å². The summed E-state index contributed by atoms with van der Waals surface area (Å²) in [7, 11) is 0. The molecule has 0 aliphatic rings. The van der Waals surface area contributed by atoms with Gasteiger partial charge in [0.05, 0.1) is 11.4 Å². The van der Waals surface area contributed by atoms with Crippen molar-refractivity contribution in [3.63, 3.8) is 0 Å². The van der Waals surface area contributed by atoms with Gasteiger partial charge in [-0.1, -0.05) is 36.4 Å². The standard InChI is InChI=1S/C17H19N3/c1-13-7-10-17-19-15(16(11-18)20(17)12-13)9-8-14-5-3-2-4-6-14/h2-7,10,12H,8-9,11,18H2,1H3. The number of pyridine rings is 1. The third kappa shape index (κ3) is 2.45. The molecule has 0 radical (unpaired) electrons. The molecule has 0 spiro atoms. The summed E-state index contributed by atoms with van der Waals surface area (Å²) in [6, 6.07) is 14.6. The summed E-state index contributed by atoms with van der Waals surface area (Å²) in [5.74, 6) is 0. The summed E-state index contributed by atoms with van der Waals surface area (Å²) < 4.78 is 2.12. The first kappa shape index (κ1) is 12.9. The van der Waals surface area contributed by atoms with Crippen molar-refractivity contribution in [3.05, 3.63) is 71.2 Å². The molecule has 3 nitrogen and oxygen atoms in total. The van der Waals surface area contributed by atoms with E-state index in [0.717, 1.165) is 29.9 Å². The summed E-state index contributed by atoms with van der Waals surface area (Å²) >= 11 is 0. The molecule has 3 heteroatoms. The molecule has 3 rings (SSSR count). The number of rotatable bonds is 4. The highest BCUT2D eigenvalue weighted by molar-refractivity contribution is 5.44. The van der Waals surface area contributed by atoms with E-state index < -0.39 is 0 Å². The number of hydrogen-bond acceptors (Lipinski definition) is 2. The average Bonchev–Trinajstić information content (AvgIpc) is 2.83. The van der Waals surface area contributed by atoms with Crippen LogP contribution in [0.15, 0.2) is 48.7 Å². The zero-order valence-corrected chi connectivity index (χ0v) is 11.7. The molecule has 0 aliphatic heterocycles. The number of nitrogens with two attached hydrogens (primary N) is 1. The molecule has 2 aromatic heterocycles. The van der Waals surface area contributed by atoms with Gasteiger partial charge in [0.25, 0.3) is 0 Å². The van der Waals surface area contributed by atoms with Crippen molar-refractivity contribution in [3.8, 4) is 0 Å². The van der Waals surface area contributed by atoms with Crippen molar-refractivity contribution in [1.29, 1.82) is 0 Å². The Morgan fingerprint density at radius 1 is 1.05 bits per heavy atom. The van der Waals surface area contributed by atoms with E-state index in [2.05, 4.69) is 53.9 Å². The average molecular weight is 265 g/mol. The number of benzene rings is 1. The highest BCUT2D eigenvalue weighted by Gasteiger charge is 2.10. The molecule has 0 atom stereocenters. The molecule has 0 unspecified atom stereocenters. The fraction of sp³-hybridized carbons (Fsp3) is 0.235. The monoisotopic (exact) mass is 265 g/mol. The summed E-state index contributed by atoms with van der Waals surface area (Å²) in [6.45, 7) is 2.61. The normalized spacial score (nSPS) is 11.1. The molecule has 3 aromatic rings. The third-order valence-electron chi connectivity index (χ3n) is 3.63. The van der Waals surface area contributed by atoms with Gasteiger partial charge in [0.15, 0.2) is 0 Å². The lowest BCUT2D eigenvalue weighted by atomic mass is 10.1. The van der Waals surface area contributed by atoms with Crippen LogP contribution in [0.2, 0.25) is 0 Å². The molecule has 2 N–H and O–H groups in total. The van der Waals surface area contributed by atoms with Crippen LogP contribution in [0.1, 0.15) is 22.5 Å². The van der Waals surface area contributed by atoms with Gasteiger partial charge >= 0.3 is 0 Å². The minimum Gasteiger partial charge on any atom is -0.325 e. The Balaban J connectivity index is 1.91. The summed E-state index contributed by atoms with van der Waals surface area (Å²) in [5, 5.41) is 0. The maximum absolute atomic E-state index is 5.92. The van der Waals surface area contributed by atoms with Crippen molar-refractivity contribution in [2.75, 3.05) is 0 Å². The van der Waals surface area contributed by atoms with Gasteiger partial charge in [0.1, 0.15) is 5.65 Å². The number of imidazole rings is 1. The molecule has 20 heavy (non-hydrogen) atoms. The highest BCUT2D eigenvalue weighted by atomic mass is 15.0. The van der Waals surface area contributed by atoms with Crippen molar-refractivity contribution >= 4 is 5.65 Å². The molecular formula is C17H19N3. The second kappa shape index (κ2) is 5.47. The van der Waals surface area contributed by atoms with Crippen molar-refractivity contribution in [2.45, 2.75) is 26.3 Å². The van der Waals surface area contributed by atoms with Crippen molar-refractivity contribution in [2.24, 2.45) is 5.73 Å². The van der Waals surface area contributed by atoms with Gasteiger partial charge < -0.3 is 10.1 Å². The summed E-state index contributed by atoms with van der Waals surface area (Å²) in [5.41, 5.74) is 11.7. The van der Waals surface area contributed by atoms with Gasteiger partial charge in [-0.2, -0.15) is 0 Å². The molecule has 1 aromatic carbocycles. The molecule has 2 heterocycles. The molecule has 0 fully saturated rings. The first-order valence-electron chi connectivity index (χ1n) is 6.98. The third-order valence-corrected chi connectivity index (χ3v) is 3.63. The predicted octanol–water partition coefficient (Wildman–Crippen LogP) is 2.89. The number of fused-ring (bicyclic) bond motifs is 1. The van der Waals surface area contributed by atoms with Crippen LogP contribution in [-0.2, 0) is 19.4 Å². The molecule has 102 valence electrons. The summed E-state index contributed by atoms with van der Waals surface area (Å²) in [6.07, 6.45) is 4.03.